The van der Waals surface area contributed by atoms with Crippen molar-refractivity contribution in [2.75, 3.05) is 25.0 Å². The molecule has 0 bridgehead atoms. The number of aryl methyl sites for hydroxylation is 1. The van der Waals surface area contributed by atoms with Crippen molar-refractivity contribution in [3.63, 3.8) is 0 Å². The van der Waals surface area contributed by atoms with Crippen LogP contribution < -0.4 is 5.32 Å². The molecule has 2 aromatic heterocycles. The zero-order valence-corrected chi connectivity index (χ0v) is 27.1. The van der Waals surface area contributed by atoms with Crippen molar-refractivity contribution in [2.24, 2.45) is 0 Å². The van der Waals surface area contributed by atoms with Gasteiger partial charge in [-0.2, -0.15) is 0 Å². The van der Waals surface area contributed by atoms with Crippen molar-refractivity contribution >= 4 is 42.8 Å². The van der Waals surface area contributed by atoms with E-state index in [0.29, 0.717) is 38.1 Å². The topological polar surface area (TPSA) is 85.9 Å². The molecule has 1 aliphatic rings. The summed E-state index contributed by atoms with van der Waals surface area (Å²) in [5.74, 6) is 0.494. The molecule has 0 radical (unpaired) electrons. The molecule has 0 saturated carbocycles. The number of nitrogens with one attached hydrogen (secondary N) is 1. The third kappa shape index (κ3) is 7.58. The minimum absolute atomic E-state index is 0.00160. The maximum atomic E-state index is 12.7. The SMILES string of the molecule is [C-]#[N+]c1ccc2c(-c3nc(N[C@H]4CCCN(C(=O)OC(C)(C)C)C4)ncc3C=C)cn(COCC[Si](C)(C)C)c2c1C. The number of amides is 1. The fourth-order valence-corrected chi connectivity index (χ4v) is 5.87. The molecule has 0 spiro atoms. The highest BCUT2D eigenvalue weighted by atomic mass is 28.3. The Kier molecular flexibility index (Phi) is 9.43. The highest BCUT2D eigenvalue weighted by Crippen LogP contribution is 2.37. The maximum Gasteiger partial charge on any atom is 0.410 e. The predicted molar refractivity (Wildman–Crippen MR) is 173 cm³/mol. The van der Waals surface area contributed by atoms with E-state index >= 15 is 0 Å². The number of fused-ring (bicyclic) bond motifs is 1. The number of carbonyl (C=O) groups is 1. The second kappa shape index (κ2) is 12.7. The van der Waals surface area contributed by atoms with Gasteiger partial charge in [0.25, 0.3) is 0 Å². The van der Waals surface area contributed by atoms with Gasteiger partial charge in [0.15, 0.2) is 5.69 Å². The first-order valence-electron chi connectivity index (χ1n) is 14.6. The number of carbonyl (C=O) groups excluding carboxylic acids is 1. The van der Waals surface area contributed by atoms with Crippen LogP contribution in [0.3, 0.4) is 0 Å². The quantitative estimate of drug-likeness (QED) is 0.156. The lowest BCUT2D eigenvalue weighted by atomic mass is 10.0. The fraction of sp³-hybridized carbons (Fsp3) is 0.500. The summed E-state index contributed by atoms with van der Waals surface area (Å²) in [7, 11) is -1.22. The number of rotatable bonds is 9. The molecular formula is C32H44N6O3Si. The molecule has 1 N–H and O–H groups in total. The smallest absolute Gasteiger partial charge is 0.410 e. The molecule has 0 aliphatic carbocycles. The molecule has 1 atom stereocenters. The van der Waals surface area contributed by atoms with E-state index in [1.807, 2.05) is 39.8 Å². The number of ether oxygens (including phenoxy) is 2. The fourth-order valence-electron chi connectivity index (χ4n) is 5.12. The normalized spacial score (nSPS) is 15.9. The van der Waals surface area contributed by atoms with Crippen LogP contribution >= 0.6 is 0 Å². The van der Waals surface area contributed by atoms with E-state index in [9.17, 15) is 4.79 Å². The Hall–Kier alpha value is -3.68. The molecule has 1 saturated heterocycles. The molecular weight excluding hydrogens is 544 g/mol. The Labute approximate surface area is 250 Å². The van der Waals surface area contributed by atoms with Crippen LogP contribution in [-0.4, -0.2) is 64.9 Å². The third-order valence-electron chi connectivity index (χ3n) is 7.31. The van der Waals surface area contributed by atoms with Gasteiger partial charge in [0, 0.05) is 68.2 Å². The van der Waals surface area contributed by atoms with Crippen LogP contribution in [0.15, 0.2) is 31.1 Å². The molecule has 3 aromatic rings. The molecule has 10 heteroatoms. The lowest BCUT2D eigenvalue weighted by Crippen LogP contribution is -2.47. The first-order chi connectivity index (χ1) is 19.8. The van der Waals surface area contributed by atoms with Crippen LogP contribution in [0, 0.1) is 13.5 Å². The maximum absolute atomic E-state index is 12.7. The van der Waals surface area contributed by atoms with Gasteiger partial charge in [0.1, 0.15) is 12.3 Å². The van der Waals surface area contributed by atoms with Crippen LogP contribution in [-0.2, 0) is 16.2 Å². The predicted octanol–water partition coefficient (Wildman–Crippen LogP) is 7.72. The van der Waals surface area contributed by atoms with Gasteiger partial charge in [-0.05, 0) is 52.1 Å². The van der Waals surface area contributed by atoms with Crippen molar-refractivity contribution in [1.82, 2.24) is 19.4 Å². The molecule has 42 heavy (non-hydrogen) atoms. The summed E-state index contributed by atoms with van der Waals surface area (Å²) in [6.07, 6.45) is 7.06. The van der Waals surface area contributed by atoms with Gasteiger partial charge >= 0.3 is 6.09 Å². The van der Waals surface area contributed by atoms with Crippen molar-refractivity contribution < 1.29 is 14.3 Å². The monoisotopic (exact) mass is 588 g/mol. The Morgan fingerprint density at radius 1 is 1.31 bits per heavy atom. The van der Waals surface area contributed by atoms with E-state index < -0.39 is 13.7 Å². The summed E-state index contributed by atoms with van der Waals surface area (Å²) in [6, 6.07) is 4.94. The van der Waals surface area contributed by atoms with E-state index in [4.69, 9.17) is 21.0 Å². The first-order valence-corrected chi connectivity index (χ1v) is 18.3. The van der Waals surface area contributed by atoms with E-state index in [-0.39, 0.29) is 12.1 Å². The number of nitrogens with zero attached hydrogens (tertiary/aromatic N) is 5. The van der Waals surface area contributed by atoms with Crippen molar-refractivity contribution in [3.05, 3.63) is 53.6 Å². The number of benzene rings is 1. The number of anilines is 1. The minimum atomic E-state index is -1.22. The molecule has 0 unspecified atom stereocenters. The molecule has 1 fully saturated rings. The standard InChI is InChI=1S/C32H44N6O3Si/c1-10-23-18-34-30(35-24-12-11-15-37(19-24)31(39)41-32(3,4)5)36-28(23)26-20-38(21-40-16-17-42(7,8)9)29-22(2)27(33-6)14-13-25(26)29/h10,13-14,18,20,24H,1,11-12,15-17,19,21H2,2-5,7-9H3,(H,34,35,36)/t24-/m0/s1. The van der Waals surface area contributed by atoms with Gasteiger partial charge < -0.3 is 24.3 Å². The molecule has 1 aromatic carbocycles. The van der Waals surface area contributed by atoms with Crippen molar-refractivity contribution in [3.8, 4) is 11.3 Å². The summed E-state index contributed by atoms with van der Waals surface area (Å²) in [5.41, 5.74) is 4.46. The largest absolute Gasteiger partial charge is 0.444 e. The molecule has 1 amide bonds. The third-order valence-corrected chi connectivity index (χ3v) is 9.01. The molecule has 9 nitrogen and oxygen atoms in total. The van der Waals surface area contributed by atoms with Crippen LogP contribution in [0.2, 0.25) is 25.7 Å². The average molecular weight is 589 g/mol. The summed E-state index contributed by atoms with van der Waals surface area (Å²) in [4.78, 5) is 27.7. The number of likely N-dealkylation sites (tertiary alicyclic amines) is 1. The highest BCUT2D eigenvalue weighted by molar-refractivity contribution is 6.76. The van der Waals surface area contributed by atoms with Crippen molar-refractivity contribution in [1.29, 1.82) is 0 Å². The van der Waals surface area contributed by atoms with Crippen LogP contribution in [0.4, 0.5) is 16.4 Å². The van der Waals surface area contributed by atoms with Crippen LogP contribution in [0.25, 0.3) is 33.1 Å². The van der Waals surface area contributed by atoms with E-state index in [1.54, 1.807) is 17.2 Å². The first kappa shape index (κ1) is 31.3. The lowest BCUT2D eigenvalue weighted by Gasteiger charge is -2.34. The van der Waals surface area contributed by atoms with Gasteiger partial charge in [0.05, 0.1) is 12.3 Å². The summed E-state index contributed by atoms with van der Waals surface area (Å²) < 4.78 is 13.8. The zero-order valence-electron chi connectivity index (χ0n) is 26.1. The Balaban J connectivity index is 1.65. The molecule has 1 aliphatic heterocycles. The Morgan fingerprint density at radius 3 is 2.74 bits per heavy atom. The Bertz CT molecular complexity index is 1500. The highest BCUT2D eigenvalue weighted by Gasteiger charge is 2.28. The van der Waals surface area contributed by atoms with Gasteiger partial charge in [-0.25, -0.2) is 19.6 Å². The summed E-state index contributed by atoms with van der Waals surface area (Å²) >= 11 is 0. The number of hydrogen-bond donors (Lipinski definition) is 1. The van der Waals surface area contributed by atoms with Crippen molar-refractivity contribution in [2.45, 2.75) is 84.6 Å². The summed E-state index contributed by atoms with van der Waals surface area (Å²) in [6.45, 7) is 28.6. The van der Waals surface area contributed by atoms with E-state index in [0.717, 1.165) is 52.2 Å². The molecule has 224 valence electrons. The number of aromatic nitrogens is 3. The van der Waals surface area contributed by atoms with E-state index in [2.05, 4.69) is 52.1 Å². The lowest BCUT2D eigenvalue weighted by molar-refractivity contribution is 0.0206. The Morgan fingerprint density at radius 2 is 2.07 bits per heavy atom. The van der Waals surface area contributed by atoms with Gasteiger partial charge in [-0.15, -0.1) is 0 Å². The van der Waals surface area contributed by atoms with Gasteiger partial charge in [-0.1, -0.05) is 44.4 Å². The number of hydrogen-bond acceptors (Lipinski definition) is 6. The van der Waals surface area contributed by atoms with Crippen LogP contribution in [0.1, 0.15) is 44.7 Å². The van der Waals surface area contributed by atoms with Crippen LogP contribution in [0.5, 0.6) is 0 Å². The second-order valence-electron chi connectivity index (χ2n) is 13.2. The molecule has 4 rings (SSSR count). The minimum Gasteiger partial charge on any atom is -0.444 e. The average Bonchev–Trinajstić information content (AvgIpc) is 3.29. The van der Waals surface area contributed by atoms with E-state index in [1.165, 1.54) is 0 Å². The van der Waals surface area contributed by atoms with Gasteiger partial charge in [0.2, 0.25) is 5.95 Å². The number of piperidine rings is 1. The van der Waals surface area contributed by atoms with Gasteiger partial charge in [-0.3, -0.25) is 0 Å². The summed E-state index contributed by atoms with van der Waals surface area (Å²) in [5, 5.41) is 4.45. The second-order valence-corrected chi connectivity index (χ2v) is 18.8. The molecule has 3 heterocycles. The zero-order chi connectivity index (χ0) is 30.7.